The zero-order chi connectivity index (χ0) is 14.2. The number of halogens is 1. The predicted molar refractivity (Wildman–Crippen MR) is 70.9 cm³/mol. The molecule has 2 aromatic heterocycles. The quantitative estimate of drug-likeness (QED) is 0.796. The Morgan fingerprint density at radius 2 is 2.19 bits per heavy atom. The zero-order valence-corrected chi connectivity index (χ0v) is 11.1. The Labute approximate surface area is 119 Å². The summed E-state index contributed by atoms with van der Waals surface area (Å²) in [7, 11) is 0. The second-order valence-corrected chi connectivity index (χ2v) is 5.11. The van der Waals surface area contributed by atoms with Gasteiger partial charge in [-0.3, -0.25) is 5.10 Å². The molecule has 1 aliphatic rings. The van der Waals surface area contributed by atoms with Crippen molar-refractivity contribution in [2.45, 2.75) is 25.2 Å². The first-order valence-electron chi connectivity index (χ1n) is 6.77. The number of benzene rings is 1. The van der Waals surface area contributed by atoms with E-state index in [4.69, 9.17) is 4.52 Å². The number of aromatic nitrogens is 5. The molecule has 0 spiro atoms. The van der Waals surface area contributed by atoms with Crippen LogP contribution in [0.3, 0.4) is 0 Å². The van der Waals surface area contributed by atoms with Crippen LogP contribution in [-0.2, 0) is 6.42 Å². The molecule has 0 atom stereocenters. The molecule has 1 aliphatic carbocycles. The average molecular weight is 285 g/mol. The molecule has 0 unspecified atom stereocenters. The van der Waals surface area contributed by atoms with E-state index < -0.39 is 0 Å². The molecular formula is C14H12FN5O. The summed E-state index contributed by atoms with van der Waals surface area (Å²) in [5.74, 6) is 2.52. The molecule has 106 valence electrons. The first kappa shape index (κ1) is 12.2. The van der Waals surface area contributed by atoms with Gasteiger partial charge in [0, 0.05) is 11.5 Å². The maximum absolute atomic E-state index is 13.2. The second kappa shape index (κ2) is 4.76. The summed E-state index contributed by atoms with van der Waals surface area (Å²) in [6, 6.07) is 6.09. The van der Waals surface area contributed by atoms with Crippen molar-refractivity contribution >= 4 is 0 Å². The van der Waals surface area contributed by atoms with Gasteiger partial charge in [-0.25, -0.2) is 9.37 Å². The molecule has 0 bridgehead atoms. The zero-order valence-electron chi connectivity index (χ0n) is 11.1. The Kier molecular flexibility index (Phi) is 2.77. The maximum Gasteiger partial charge on any atom is 0.234 e. The van der Waals surface area contributed by atoms with Gasteiger partial charge < -0.3 is 4.52 Å². The van der Waals surface area contributed by atoms with Gasteiger partial charge in [-0.1, -0.05) is 17.3 Å². The molecule has 2 heterocycles. The van der Waals surface area contributed by atoms with Crippen molar-refractivity contribution in [1.29, 1.82) is 0 Å². The average Bonchev–Trinajstić information content (AvgIpc) is 3.05. The Bertz CT molecular complexity index is 777. The van der Waals surface area contributed by atoms with E-state index in [-0.39, 0.29) is 5.82 Å². The molecule has 6 nitrogen and oxygen atoms in total. The van der Waals surface area contributed by atoms with Crippen LogP contribution in [0.25, 0.3) is 11.4 Å². The highest BCUT2D eigenvalue weighted by molar-refractivity contribution is 5.53. The molecule has 7 heteroatoms. The van der Waals surface area contributed by atoms with Crippen molar-refractivity contribution in [1.82, 2.24) is 25.3 Å². The molecule has 4 rings (SSSR count). The van der Waals surface area contributed by atoms with Crippen LogP contribution < -0.4 is 0 Å². The third kappa shape index (κ3) is 2.54. The van der Waals surface area contributed by atoms with E-state index in [2.05, 4.69) is 25.3 Å². The van der Waals surface area contributed by atoms with Crippen LogP contribution in [0.1, 0.15) is 36.3 Å². The second-order valence-electron chi connectivity index (χ2n) is 5.11. The molecular weight excluding hydrogens is 273 g/mol. The van der Waals surface area contributed by atoms with Gasteiger partial charge in [0.1, 0.15) is 11.6 Å². The highest BCUT2D eigenvalue weighted by Crippen LogP contribution is 2.37. The van der Waals surface area contributed by atoms with Crippen LogP contribution in [-0.4, -0.2) is 25.3 Å². The van der Waals surface area contributed by atoms with Crippen molar-refractivity contribution in [3.05, 3.63) is 47.6 Å². The Balaban J connectivity index is 1.53. The van der Waals surface area contributed by atoms with Gasteiger partial charge >= 0.3 is 0 Å². The third-order valence-electron chi connectivity index (χ3n) is 3.36. The van der Waals surface area contributed by atoms with Crippen LogP contribution >= 0.6 is 0 Å². The summed E-state index contributed by atoms with van der Waals surface area (Å²) >= 11 is 0. The summed E-state index contributed by atoms with van der Waals surface area (Å²) in [4.78, 5) is 8.66. The lowest BCUT2D eigenvalue weighted by atomic mass is 10.2. The molecule has 1 saturated carbocycles. The number of aromatic amines is 1. The standard InChI is InChI=1S/C14H12FN5O/c15-10-3-1-2-9(6-10)14-17-12(21-20-14)7-11-16-13(19-18-11)8-4-5-8/h1-3,6,8H,4-5,7H2,(H,16,18,19). The van der Waals surface area contributed by atoms with E-state index in [1.165, 1.54) is 12.1 Å². The van der Waals surface area contributed by atoms with E-state index in [1.54, 1.807) is 12.1 Å². The van der Waals surface area contributed by atoms with E-state index in [9.17, 15) is 4.39 Å². The number of nitrogens with one attached hydrogen (secondary N) is 1. The largest absolute Gasteiger partial charge is 0.338 e. The van der Waals surface area contributed by atoms with Crippen LogP contribution in [0.5, 0.6) is 0 Å². The van der Waals surface area contributed by atoms with E-state index in [0.29, 0.717) is 35.4 Å². The maximum atomic E-state index is 13.2. The fourth-order valence-corrected chi connectivity index (χ4v) is 2.13. The van der Waals surface area contributed by atoms with Crippen LogP contribution in [0, 0.1) is 5.82 Å². The summed E-state index contributed by atoms with van der Waals surface area (Å²) in [5, 5.41) is 10.9. The van der Waals surface area contributed by atoms with Crippen molar-refractivity contribution in [2.75, 3.05) is 0 Å². The third-order valence-corrected chi connectivity index (χ3v) is 3.36. The summed E-state index contributed by atoms with van der Waals surface area (Å²) in [6.07, 6.45) is 2.70. The lowest BCUT2D eigenvalue weighted by molar-refractivity contribution is 0.384. The molecule has 0 saturated heterocycles. The van der Waals surface area contributed by atoms with Crippen molar-refractivity contribution in [3.8, 4) is 11.4 Å². The highest BCUT2D eigenvalue weighted by atomic mass is 19.1. The molecule has 21 heavy (non-hydrogen) atoms. The monoisotopic (exact) mass is 285 g/mol. The molecule has 1 fully saturated rings. The van der Waals surface area contributed by atoms with Gasteiger partial charge in [-0.05, 0) is 25.0 Å². The number of nitrogens with zero attached hydrogens (tertiary/aromatic N) is 4. The lowest BCUT2D eigenvalue weighted by Crippen LogP contribution is -1.92. The Morgan fingerprint density at radius 1 is 1.29 bits per heavy atom. The van der Waals surface area contributed by atoms with E-state index in [0.717, 1.165) is 18.7 Å². The summed E-state index contributed by atoms with van der Waals surface area (Å²) in [6.45, 7) is 0. The molecule has 0 radical (unpaired) electrons. The molecule has 1 N–H and O–H groups in total. The minimum Gasteiger partial charge on any atom is -0.338 e. The Morgan fingerprint density at radius 3 is 3.00 bits per heavy atom. The molecule has 0 aliphatic heterocycles. The topological polar surface area (TPSA) is 80.5 Å². The van der Waals surface area contributed by atoms with Gasteiger partial charge in [0.05, 0.1) is 6.42 Å². The number of rotatable bonds is 4. The van der Waals surface area contributed by atoms with Crippen molar-refractivity contribution in [3.63, 3.8) is 0 Å². The highest BCUT2D eigenvalue weighted by Gasteiger charge is 2.27. The number of hydrogen-bond acceptors (Lipinski definition) is 5. The fourth-order valence-electron chi connectivity index (χ4n) is 2.13. The minimum absolute atomic E-state index is 0.330. The van der Waals surface area contributed by atoms with E-state index in [1.807, 2.05) is 0 Å². The summed E-state index contributed by atoms with van der Waals surface area (Å²) < 4.78 is 18.4. The lowest BCUT2D eigenvalue weighted by Gasteiger charge is -1.92. The first-order chi connectivity index (χ1) is 10.3. The van der Waals surface area contributed by atoms with Crippen LogP contribution in [0.15, 0.2) is 28.8 Å². The van der Waals surface area contributed by atoms with Gasteiger partial charge in [-0.2, -0.15) is 10.1 Å². The van der Waals surface area contributed by atoms with Crippen LogP contribution in [0.4, 0.5) is 4.39 Å². The SMILES string of the molecule is Fc1cccc(-c2noc(Cc3nc(C4CC4)n[nH]3)n2)c1. The van der Waals surface area contributed by atoms with Gasteiger partial charge in [0.25, 0.3) is 0 Å². The van der Waals surface area contributed by atoms with Gasteiger partial charge in [-0.15, -0.1) is 0 Å². The molecule has 0 amide bonds. The fraction of sp³-hybridized carbons (Fsp3) is 0.286. The van der Waals surface area contributed by atoms with E-state index >= 15 is 0 Å². The number of hydrogen-bond donors (Lipinski definition) is 1. The van der Waals surface area contributed by atoms with Crippen LogP contribution in [0.2, 0.25) is 0 Å². The first-order valence-corrected chi connectivity index (χ1v) is 6.77. The smallest absolute Gasteiger partial charge is 0.234 e. The molecule has 3 aromatic rings. The van der Waals surface area contributed by atoms with Gasteiger partial charge in [0.2, 0.25) is 11.7 Å². The number of H-pyrrole nitrogens is 1. The van der Waals surface area contributed by atoms with Crippen molar-refractivity contribution in [2.24, 2.45) is 0 Å². The normalized spacial score (nSPS) is 14.5. The minimum atomic E-state index is -0.330. The Hall–Kier alpha value is -2.57. The van der Waals surface area contributed by atoms with Crippen molar-refractivity contribution < 1.29 is 8.91 Å². The molecule has 1 aromatic carbocycles. The summed E-state index contributed by atoms with van der Waals surface area (Å²) in [5.41, 5.74) is 0.584. The van der Waals surface area contributed by atoms with Gasteiger partial charge in [0.15, 0.2) is 5.82 Å². The predicted octanol–water partition coefficient (Wildman–Crippen LogP) is 2.46.